The van der Waals surface area contributed by atoms with Crippen molar-refractivity contribution in [1.29, 1.82) is 0 Å². The molecule has 0 saturated heterocycles. The summed E-state index contributed by atoms with van der Waals surface area (Å²) in [6.45, 7) is 4.40. The monoisotopic (exact) mass is 354 g/mol. The molecule has 0 aliphatic rings. The van der Waals surface area contributed by atoms with Crippen LogP contribution in [0.25, 0.3) is 16.3 Å². The number of ether oxygens (including phenoxy) is 1. The summed E-state index contributed by atoms with van der Waals surface area (Å²) in [5, 5.41) is 13.8. The van der Waals surface area contributed by atoms with E-state index in [0.717, 1.165) is 10.6 Å². The largest absolute Gasteiger partial charge is 0.486 e. The molecule has 126 valence electrons. The van der Waals surface area contributed by atoms with Crippen LogP contribution in [-0.2, 0) is 6.61 Å². The fourth-order valence-electron chi connectivity index (χ4n) is 2.67. The minimum Gasteiger partial charge on any atom is -0.486 e. The summed E-state index contributed by atoms with van der Waals surface area (Å²) in [6.07, 6.45) is 0. The van der Waals surface area contributed by atoms with Crippen LogP contribution in [0.5, 0.6) is 5.75 Å². The molecule has 0 aliphatic heterocycles. The Bertz CT molecular complexity index is 1020. The number of aromatic nitrogens is 4. The zero-order valence-electron chi connectivity index (χ0n) is 13.7. The Hall–Kier alpha value is -2.80. The van der Waals surface area contributed by atoms with Crippen LogP contribution in [0.15, 0.2) is 42.5 Å². The molecule has 2 heterocycles. The lowest BCUT2D eigenvalue weighted by Gasteiger charge is -2.03. The average Bonchev–Trinajstić information content (AvgIpc) is 3.13. The zero-order chi connectivity index (χ0) is 17.4. The number of rotatable bonds is 4. The van der Waals surface area contributed by atoms with E-state index in [4.69, 9.17) is 4.74 Å². The zero-order valence-corrected chi connectivity index (χ0v) is 14.5. The van der Waals surface area contributed by atoms with E-state index >= 15 is 0 Å². The van der Waals surface area contributed by atoms with Crippen molar-refractivity contribution in [1.82, 2.24) is 19.8 Å². The summed E-state index contributed by atoms with van der Waals surface area (Å²) in [5.41, 5.74) is 3.32. The summed E-state index contributed by atoms with van der Waals surface area (Å²) < 4.78 is 20.3. The van der Waals surface area contributed by atoms with E-state index in [1.54, 1.807) is 16.6 Å². The van der Waals surface area contributed by atoms with E-state index in [0.29, 0.717) is 23.1 Å². The summed E-state index contributed by atoms with van der Waals surface area (Å²) in [7, 11) is 0. The van der Waals surface area contributed by atoms with Crippen molar-refractivity contribution in [2.24, 2.45) is 0 Å². The molecule has 0 radical (unpaired) electrons. The molecule has 0 bridgehead atoms. The highest BCUT2D eigenvalue weighted by Gasteiger charge is 2.14. The van der Waals surface area contributed by atoms with Gasteiger partial charge >= 0.3 is 0 Å². The topological polar surface area (TPSA) is 52.3 Å². The van der Waals surface area contributed by atoms with Crippen LogP contribution in [-0.4, -0.2) is 19.8 Å². The van der Waals surface area contributed by atoms with Crippen LogP contribution in [0.4, 0.5) is 4.39 Å². The first-order valence-corrected chi connectivity index (χ1v) is 8.58. The average molecular weight is 354 g/mol. The van der Waals surface area contributed by atoms with Gasteiger partial charge in [-0.1, -0.05) is 28.5 Å². The lowest BCUT2D eigenvalue weighted by Crippen LogP contribution is -1.98. The molecule has 4 aromatic rings. The maximum Gasteiger partial charge on any atom is 0.235 e. The summed E-state index contributed by atoms with van der Waals surface area (Å²) in [6, 6.07) is 12.2. The molecule has 2 aromatic carbocycles. The van der Waals surface area contributed by atoms with Crippen molar-refractivity contribution >= 4 is 16.3 Å². The second-order valence-electron chi connectivity index (χ2n) is 5.83. The van der Waals surface area contributed by atoms with Gasteiger partial charge in [0.2, 0.25) is 4.96 Å². The van der Waals surface area contributed by atoms with E-state index < -0.39 is 0 Å². The van der Waals surface area contributed by atoms with Crippen LogP contribution in [0.1, 0.15) is 16.1 Å². The first kappa shape index (κ1) is 15.7. The smallest absolute Gasteiger partial charge is 0.235 e. The minimum atomic E-state index is -0.288. The SMILES string of the molecule is Cc1cc(C)cc(-c2nnc3sc(COc4ccc(F)cc4)nn23)c1. The van der Waals surface area contributed by atoms with E-state index in [1.807, 2.05) is 0 Å². The standard InChI is InChI=1S/C18H15FN4OS/c1-11-7-12(2)9-13(8-11)17-20-21-18-23(17)22-16(25-18)10-24-15-5-3-14(19)4-6-15/h3-9H,10H2,1-2H3. The van der Waals surface area contributed by atoms with Gasteiger partial charge in [-0.05, 0) is 50.2 Å². The molecule has 5 nitrogen and oxygen atoms in total. The highest BCUT2D eigenvalue weighted by atomic mass is 32.1. The highest BCUT2D eigenvalue weighted by Crippen LogP contribution is 2.24. The lowest BCUT2D eigenvalue weighted by atomic mass is 10.1. The van der Waals surface area contributed by atoms with Crippen molar-refractivity contribution in [3.63, 3.8) is 0 Å². The van der Waals surface area contributed by atoms with Gasteiger partial charge < -0.3 is 4.74 Å². The third kappa shape index (κ3) is 3.23. The molecule has 0 aliphatic carbocycles. The Labute approximate surface area is 147 Å². The van der Waals surface area contributed by atoms with E-state index in [-0.39, 0.29) is 5.82 Å². The van der Waals surface area contributed by atoms with Crippen molar-refractivity contribution in [3.05, 3.63) is 64.4 Å². The lowest BCUT2D eigenvalue weighted by molar-refractivity contribution is 0.303. The van der Waals surface area contributed by atoms with Crippen LogP contribution in [0.3, 0.4) is 0 Å². The van der Waals surface area contributed by atoms with Gasteiger partial charge in [0.25, 0.3) is 0 Å². The minimum absolute atomic E-state index is 0.288. The number of aryl methyl sites for hydroxylation is 2. The van der Waals surface area contributed by atoms with E-state index in [2.05, 4.69) is 47.3 Å². The molecule has 0 fully saturated rings. The Morgan fingerprint density at radius 2 is 1.76 bits per heavy atom. The molecular weight excluding hydrogens is 339 g/mol. The van der Waals surface area contributed by atoms with Gasteiger partial charge in [-0.3, -0.25) is 0 Å². The fourth-order valence-corrected chi connectivity index (χ4v) is 3.42. The Balaban J connectivity index is 1.60. The molecule has 7 heteroatoms. The number of nitrogens with zero attached hydrogens (tertiary/aromatic N) is 4. The highest BCUT2D eigenvalue weighted by molar-refractivity contribution is 7.16. The quantitative estimate of drug-likeness (QED) is 0.551. The first-order chi connectivity index (χ1) is 12.1. The number of fused-ring (bicyclic) bond motifs is 1. The first-order valence-electron chi connectivity index (χ1n) is 7.77. The Morgan fingerprint density at radius 1 is 1.04 bits per heavy atom. The molecule has 4 rings (SSSR count). The van der Waals surface area contributed by atoms with Crippen molar-refractivity contribution in [2.75, 3.05) is 0 Å². The molecule has 0 N–H and O–H groups in total. The number of hydrogen-bond donors (Lipinski definition) is 0. The number of halogens is 1. The van der Waals surface area contributed by atoms with Crippen molar-refractivity contribution in [3.8, 4) is 17.1 Å². The van der Waals surface area contributed by atoms with Gasteiger partial charge in [0.15, 0.2) is 10.8 Å². The second kappa shape index (κ2) is 6.25. The van der Waals surface area contributed by atoms with Gasteiger partial charge in [0, 0.05) is 5.56 Å². The van der Waals surface area contributed by atoms with Crippen LogP contribution < -0.4 is 4.74 Å². The molecular formula is C18H15FN4OS. The third-order valence-electron chi connectivity index (χ3n) is 3.69. The molecule has 0 unspecified atom stereocenters. The Morgan fingerprint density at radius 3 is 2.48 bits per heavy atom. The maximum atomic E-state index is 12.9. The van der Waals surface area contributed by atoms with Crippen LogP contribution >= 0.6 is 11.3 Å². The van der Waals surface area contributed by atoms with E-state index in [9.17, 15) is 4.39 Å². The summed E-state index contributed by atoms with van der Waals surface area (Å²) in [4.78, 5) is 0.715. The molecule has 0 atom stereocenters. The predicted molar refractivity (Wildman–Crippen MR) is 94.3 cm³/mol. The second-order valence-corrected chi connectivity index (χ2v) is 6.87. The summed E-state index contributed by atoms with van der Waals surface area (Å²) >= 11 is 1.42. The predicted octanol–water partition coefficient (Wildman–Crippen LogP) is 4.19. The van der Waals surface area contributed by atoms with Gasteiger partial charge in [-0.15, -0.1) is 10.2 Å². The van der Waals surface area contributed by atoms with Gasteiger partial charge in [0.05, 0.1) is 0 Å². The normalized spacial score (nSPS) is 11.2. The number of hydrogen-bond acceptors (Lipinski definition) is 5. The maximum absolute atomic E-state index is 12.9. The number of benzene rings is 2. The molecule has 0 spiro atoms. The fraction of sp³-hybridized carbons (Fsp3) is 0.167. The van der Waals surface area contributed by atoms with E-state index in [1.165, 1.54) is 34.6 Å². The van der Waals surface area contributed by atoms with Crippen LogP contribution in [0, 0.1) is 19.7 Å². The van der Waals surface area contributed by atoms with Crippen molar-refractivity contribution in [2.45, 2.75) is 20.5 Å². The summed E-state index contributed by atoms with van der Waals surface area (Å²) in [5.74, 6) is 1.03. The van der Waals surface area contributed by atoms with Crippen molar-refractivity contribution < 1.29 is 9.13 Å². The molecule has 25 heavy (non-hydrogen) atoms. The third-order valence-corrected chi connectivity index (χ3v) is 4.56. The molecule has 0 amide bonds. The Kier molecular flexibility index (Phi) is 3.93. The van der Waals surface area contributed by atoms with Gasteiger partial charge in [-0.2, -0.15) is 9.61 Å². The van der Waals surface area contributed by atoms with Crippen LogP contribution in [0.2, 0.25) is 0 Å². The van der Waals surface area contributed by atoms with Gasteiger partial charge in [-0.25, -0.2) is 4.39 Å². The molecule has 2 aromatic heterocycles. The molecule has 0 saturated carbocycles. The van der Waals surface area contributed by atoms with Gasteiger partial charge in [0.1, 0.15) is 18.2 Å².